The van der Waals surface area contributed by atoms with Crippen molar-refractivity contribution in [2.24, 2.45) is 10.2 Å². The highest BCUT2D eigenvalue weighted by Crippen LogP contribution is 2.38. The van der Waals surface area contributed by atoms with Crippen molar-refractivity contribution in [3.8, 4) is 22.6 Å². The second kappa shape index (κ2) is 9.60. The number of hydrogen-bond donors (Lipinski definition) is 3. The molecule has 0 atom stereocenters. The van der Waals surface area contributed by atoms with Gasteiger partial charge in [-0.05, 0) is 37.6 Å². The van der Waals surface area contributed by atoms with Crippen LogP contribution in [-0.4, -0.2) is 38.7 Å². The molecule has 11 heteroatoms. The topological polar surface area (TPSA) is 156 Å². The van der Waals surface area contributed by atoms with Crippen LogP contribution in [0.5, 0.6) is 11.5 Å². The zero-order valence-corrected chi connectivity index (χ0v) is 17.2. The van der Waals surface area contributed by atoms with Crippen LogP contribution in [-0.2, 0) is 16.1 Å². The Labute approximate surface area is 181 Å². The van der Waals surface area contributed by atoms with E-state index in [0.29, 0.717) is 16.8 Å². The number of azo groups is 1. The lowest BCUT2D eigenvalue weighted by molar-refractivity contribution is -0.144. The molecule has 0 spiro atoms. The van der Waals surface area contributed by atoms with E-state index in [-0.39, 0.29) is 36.0 Å². The van der Waals surface area contributed by atoms with Gasteiger partial charge in [-0.2, -0.15) is 0 Å². The number of phenolic OH excluding ortho intramolecular Hbond substituents is 1. The predicted molar refractivity (Wildman–Crippen MR) is 113 cm³/mol. The monoisotopic (exact) mass is 440 g/mol. The summed E-state index contributed by atoms with van der Waals surface area (Å²) >= 11 is 0. The van der Waals surface area contributed by atoms with Gasteiger partial charge in [-0.25, -0.2) is 9.48 Å². The summed E-state index contributed by atoms with van der Waals surface area (Å²) in [6, 6.07) is 10.9. The smallest absolute Gasteiger partial charge is 0.505 e. The number of carbonyl (C=O) groups is 2. The Morgan fingerprint density at radius 1 is 1.16 bits per heavy atom. The second-order valence-corrected chi connectivity index (χ2v) is 6.55. The van der Waals surface area contributed by atoms with Gasteiger partial charge in [0.15, 0.2) is 11.4 Å². The number of aromatic amines is 1. The molecule has 3 N–H and O–H groups in total. The summed E-state index contributed by atoms with van der Waals surface area (Å²) < 4.78 is 10.5. The number of para-hydroxylation sites is 1. The first-order valence-corrected chi connectivity index (χ1v) is 9.50. The highest BCUT2D eigenvalue weighted by Gasteiger charge is 2.15. The van der Waals surface area contributed by atoms with Gasteiger partial charge in [0.25, 0.3) is 5.56 Å². The van der Waals surface area contributed by atoms with Crippen LogP contribution in [0, 0.1) is 6.92 Å². The number of nitrogens with zero attached hydrogens (tertiary/aromatic N) is 3. The number of phenols is 1. The molecule has 0 unspecified atom stereocenters. The summed E-state index contributed by atoms with van der Waals surface area (Å²) in [5.41, 5.74) is 0.751. The van der Waals surface area contributed by atoms with Crippen LogP contribution in [0.3, 0.4) is 0 Å². The number of carbonyl (C=O) groups excluding carboxylic acids is 1. The molecule has 0 bridgehead atoms. The van der Waals surface area contributed by atoms with E-state index in [9.17, 15) is 19.5 Å². The number of aryl methyl sites for hydroxylation is 1. The van der Waals surface area contributed by atoms with E-state index in [0.717, 1.165) is 4.68 Å². The van der Waals surface area contributed by atoms with Crippen molar-refractivity contribution in [2.75, 3.05) is 6.61 Å². The molecule has 0 saturated heterocycles. The average Bonchev–Trinajstić information content (AvgIpc) is 2.99. The lowest BCUT2D eigenvalue weighted by atomic mass is 10.0. The highest BCUT2D eigenvalue weighted by molar-refractivity contribution is 5.77. The van der Waals surface area contributed by atoms with Gasteiger partial charge in [0.05, 0.1) is 12.3 Å². The number of aromatic hydroxyl groups is 1. The lowest BCUT2D eigenvalue weighted by Crippen LogP contribution is -2.23. The zero-order valence-electron chi connectivity index (χ0n) is 17.2. The van der Waals surface area contributed by atoms with E-state index in [1.54, 1.807) is 38.1 Å². The van der Waals surface area contributed by atoms with Gasteiger partial charge in [0.1, 0.15) is 18.0 Å². The van der Waals surface area contributed by atoms with Crippen molar-refractivity contribution >= 4 is 23.5 Å². The van der Waals surface area contributed by atoms with Crippen LogP contribution in [0.1, 0.15) is 12.6 Å². The summed E-state index contributed by atoms with van der Waals surface area (Å²) in [5, 5.41) is 30.1. The molecule has 3 rings (SSSR count). The molecule has 2 aromatic carbocycles. The summed E-state index contributed by atoms with van der Waals surface area (Å²) in [4.78, 5) is 34.9. The standard InChI is InChI=1S/C21H20N4O7/c1-3-31-17(26)11-25-20(28)18(12(2)24-25)23-22-16-9-5-8-15(19(16)27)13-6-4-7-14(10-13)32-21(29)30/h4-10,24,27H,3,11H2,1-2H3,(H,29,30). The third-order valence-corrected chi connectivity index (χ3v) is 4.32. The molecule has 0 saturated carbocycles. The maximum atomic E-state index is 12.5. The van der Waals surface area contributed by atoms with Gasteiger partial charge in [0.2, 0.25) is 0 Å². The van der Waals surface area contributed by atoms with Crippen molar-refractivity contribution in [2.45, 2.75) is 20.4 Å². The number of hydrogen-bond acceptors (Lipinski definition) is 8. The van der Waals surface area contributed by atoms with Gasteiger partial charge in [0, 0.05) is 5.56 Å². The van der Waals surface area contributed by atoms with Crippen molar-refractivity contribution in [1.29, 1.82) is 0 Å². The Kier molecular flexibility index (Phi) is 6.68. The number of carboxylic acid groups (broad SMARTS) is 1. The fourth-order valence-electron chi connectivity index (χ4n) is 2.94. The van der Waals surface area contributed by atoms with Crippen molar-refractivity contribution < 1.29 is 29.3 Å². The van der Waals surface area contributed by atoms with E-state index < -0.39 is 17.7 Å². The Morgan fingerprint density at radius 2 is 1.91 bits per heavy atom. The Bertz CT molecular complexity index is 1240. The molecule has 11 nitrogen and oxygen atoms in total. The fourth-order valence-corrected chi connectivity index (χ4v) is 2.94. The van der Waals surface area contributed by atoms with Gasteiger partial charge < -0.3 is 19.7 Å². The first-order valence-electron chi connectivity index (χ1n) is 9.50. The zero-order chi connectivity index (χ0) is 23.3. The third-order valence-electron chi connectivity index (χ3n) is 4.32. The highest BCUT2D eigenvalue weighted by atomic mass is 16.7. The van der Waals surface area contributed by atoms with E-state index in [1.165, 1.54) is 18.2 Å². The molecule has 3 aromatic rings. The minimum Gasteiger partial charge on any atom is -0.505 e. The molecule has 0 fully saturated rings. The van der Waals surface area contributed by atoms with Crippen LogP contribution in [0.4, 0.5) is 16.2 Å². The van der Waals surface area contributed by atoms with Crippen LogP contribution in [0.25, 0.3) is 11.1 Å². The van der Waals surface area contributed by atoms with Gasteiger partial charge >= 0.3 is 12.1 Å². The van der Waals surface area contributed by atoms with Crippen molar-refractivity contribution in [3.05, 3.63) is 58.5 Å². The lowest BCUT2D eigenvalue weighted by Gasteiger charge is -2.08. The molecule has 32 heavy (non-hydrogen) atoms. The molecular weight excluding hydrogens is 420 g/mol. The molecule has 0 amide bonds. The molecule has 1 heterocycles. The fraction of sp³-hybridized carbons (Fsp3) is 0.190. The number of rotatable bonds is 7. The predicted octanol–water partition coefficient (Wildman–Crippen LogP) is 3.89. The number of nitrogens with one attached hydrogen (secondary N) is 1. The van der Waals surface area contributed by atoms with Crippen molar-refractivity contribution in [1.82, 2.24) is 9.78 Å². The molecule has 1 aromatic heterocycles. The largest absolute Gasteiger partial charge is 0.511 e. The van der Waals surface area contributed by atoms with Crippen LogP contribution < -0.4 is 10.3 Å². The summed E-state index contributed by atoms with van der Waals surface area (Å²) in [5.74, 6) is -0.700. The van der Waals surface area contributed by atoms with E-state index in [1.807, 2.05) is 0 Å². The normalized spacial score (nSPS) is 10.9. The molecular formula is C21H20N4O7. The minimum absolute atomic E-state index is 0.0176. The van der Waals surface area contributed by atoms with Crippen LogP contribution >= 0.6 is 0 Å². The molecule has 166 valence electrons. The molecule has 0 radical (unpaired) electrons. The maximum absolute atomic E-state index is 12.5. The van der Waals surface area contributed by atoms with E-state index >= 15 is 0 Å². The Balaban J connectivity index is 1.90. The SMILES string of the molecule is CCOC(=O)Cn1[nH]c(C)c(N=Nc2cccc(-c3cccc(OC(=O)O)c3)c2O)c1=O. The van der Waals surface area contributed by atoms with Gasteiger partial charge in [-0.1, -0.05) is 24.3 Å². The van der Waals surface area contributed by atoms with Crippen molar-refractivity contribution in [3.63, 3.8) is 0 Å². The third kappa shape index (κ3) is 5.01. The summed E-state index contributed by atoms with van der Waals surface area (Å²) in [6.45, 7) is 3.16. The second-order valence-electron chi connectivity index (χ2n) is 6.55. The average molecular weight is 440 g/mol. The van der Waals surface area contributed by atoms with E-state index in [2.05, 4.69) is 20.1 Å². The van der Waals surface area contributed by atoms with Gasteiger partial charge in [-0.3, -0.25) is 14.7 Å². The number of aromatic nitrogens is 2. The summed E-state index contributed by atoms with van der Waals surface area (Å²) in [6.07, 6.45) is -1.45. The first kappa shape index (κ1) is 22.3. The van der Waals surface area contributed by atoms with Gasteiger partial charge in [-0.15, -0.1) is 10.2 Å². The first-order chi connectivity index (χ1) is 15.3. The Hall–Kier alpha value is -4.41. The quantitative estimate of drug-likeness (QED) is 0.286. The molecule has 0 aliphatic heterocycles. The molecule has 0 aliphatic rings. The van der Waals surface area contributed by atoms with Crippen LogP contribution in [0.15, 0.2) is 57.5 Å². The number of ether oxygens (including phenoxy) is 2. The molecule has 0 aliphatic carbocycles. The van der Waals surface area contributed by atoms with E-state index in [4.69, 9.17) is 9.84 Å². The maximum Gasteiger partial charge on any atom is 0.511 e. The number of esters is 1. The Morgan fingerprint density at radius 3 is 2.62 bits per heavy atom. The van der Waals surface area contributed by atoms with Crippen LogP contribution in [0.2, 0.25) is 0 Å². The summed E-state index contributed by atoms with van der Waals surface area (Å²) in [7, 11) is 0. The minimum atomic E-state index is -1.45. The number of H-pyrrole nitrogens is 1. The number of benzene rings is 2.